The van der Waals surface area contributed by atoms with Crippen molar-refractivity contribution in [2.45, 2.75) is 18.9 Å². The normalized spacial score (nSPS) is 12.2. The molecule has 2 heterocycles. The number of nitrogens with zero attached hydrogens (tertiary/aromatic N) is 2. The van der Waals surface area contributed by atoms with Crippen LogP contribution in [-0.2, 0) is 22.4 Å². The second-order valence-electron chi connectivity index (χ2n) is 4.83. The van der Waals surface area contributed by atoms with Crippen LogP contribution in [0, 0.1) is 0 Å². The molecule has 0 radical (unpaired) electrons. The third kappa shape index (κ3) is 3.08. The highest BCUT2D eigenvalue weighted by Crippen LogP contribution is 2.18. The summed E-state index contributed by atoms with van der Waals surface area (Å²) in [6.45, 7) is 0.501. The van der Waals surface area contributed by atoms with Crippen LogP contribution in [0.25, 0.3) is 10.9 Å². The van der Waals surface area contributed by atoms with Crippen molar-refractivity contribution in [2.75, 3.05) is 0 Å². The maximum atomic E-state index is 10.7. The number of para-hydroxylation sites is 1. The van der Waals surface area contributed by atoms with E-state index in [1.807, 2.05) is 36.4 Å². The first kappa shape index (κ1) is 13.3. The lowest BCUT2D eigenvalue weighted by Crippen LogP contribution is -2.19. The number of H-pyrrole nitrogens is 1. The number of benzene rings is 1. The van der Waals surface area contributed by atoms with Gasteiger partial charge in [0, 0.05) is 30.6 Å². The maximum absolute atomic E-state index is 10.7. The molecular formula is C16H15N3O2. The van der Waals surface area contributed by atoms with Crippen molar-refractivity contribution in [3.63, 3.8) is 0 Å². The molecule has 0 spiro atoms. The molecule has 5 nitrogen and oxygen atoms in total. The first-order chi connectivity index (χ1) is 10.4. The standard InChI is InChI=1S/C16H15N3O2/c20-11-21-13(9-12-5-7-17-8-6-12)10-16-14-3-1-2-4-15(14)18-19-16/h1-8,11,13H,9-10H2,(H,18,19). The first-order valence-electron chi connectivity index (χ1n) is 6.77. The predicted molar refractivity (Wildman–Crippen MR) is 78.7 cm³/mol. The molecule has 0 aliphatic carbocycles. The number of hydrogen-bond acceptors (Lipinski definition) is 4. The van der Waals surface area contributed by atoms with Gasteiger partial charge in [-0.1, -0.05) is 18.2 Å². The number of rotatable bonds is 6. The molecule has 0 saturated heterocycles. The number of fused-ring (bicyclic) bond motifs is 1. The lowest BCUT2D eigenvalue weighted by molar-refractivity contribution is -0.133. The number of aromatic amines is 1. The molecule has 106 valence electrons. The summed E-state index contributed by atoms with van der Waals surface area (Å²) in [4.78, 5) is 14.7. The van der Waals surface area contributed by atoms with E-state index in [0.717, 1.165) is 22.2 Å². The largest absolute Gasteiger partial charge is 0.464 e. The van der Waals surface area contributed by atoms with Gasteiger partial charge >= 0.3 is 0 Å². The minimum atomic E-state index is -0.239. The third-order valence-electron chi connectivity index (χ3n) is 3.43. The van der Waals surface area contributed by atoms with Crippen molar-refractivity contribution >= 4 is 17.4 Å². The molecule has 0 aliphatic rings. The van der Waals surface area contributed by atoms with E-state index in [4.69, 9.17) is 4.74 Å². The molecule has 1 unspecified atom stereocenters. The highest BCUT2D eigenvalue weighted by atomic mass is 16.5. The molecule has 5 heteroatoms. The molecule has 3 aromatic rings. The van der Waals surface area contributed by atoms with E-state index in [1.165, 1.54) is 0 Å². The van der Waals surface area contributed by atoms with Gasteiger partial charge in [-0.2, -0.15) is 5.10 Å². The summed E-state index contributed by atoms with van der Waals surface area (Å²) in [7, 11) is 0. The van der Waals surface area contributed by atoms with Crippen LogP contribution < -0.4 is 0 Å². The van der Waals surface area contributed by atoms with E-state index < -0.39 is 0 Å². The molecule has 2 aromatic heterocycles. The van der Waals surface area contributed by atoms with E-state index in [1.54, 1.807) is 12.4 Å². The van der Waals surface area contributed by atoms with Crippen LogP contribution in [0.1, 0.15) is 11.3 Å². The van der Waals surface area contributed by atoms with Crippen molar-refractivity contribution in [2.24, 2.45) is 0 Å². The lowest BCUT2D eigenvalue weighted by atomic mass is 10.0. The summed E-state index contributed by atoms with van der Waals surface area (Å²) in [5.74, 6) is 0. The van der Waals surface area contributed by atoms with Crippen molar-refractivity contribution < 1.29 is 9.53 Å². The van der Waals surface area contributed by atoms with E-state index >= 15 is 0 Å². The Balaban J connectivity index is 1.80. The average molecular weight is 281 g/mol. The number of carbonyl (C=O) groups is 1. The number of ether oxygens (including phenoxy) is 1. The maximum Gasteiger partial charge on any atom is 0.293 e. The summed E-state index contributed by atoms with van der Waals surface area (Å²) in [6, 6.07) is 11.8. The van der Waals surface area contributed by atoms with Crippen molar-refractivity contribution in [1.82, 2.24) is 15.2 Å². The zero-order chi connectivity index (χ0) is 14.5. The second-order valence-corrected chi connectivity index (χ2v) is 4.83. The molecule has 1 aromatic carbocycles. The number of hydrogen-bond donors (Lipinski definition) is 1. The van der Waals surface area contributed by atoms with Crippen LogP contribution in [0.15, 0.2) is 48.8 Å². The van der Waals surface area contributed by atoms with Crippen LogP contribution in [-0.4, -0.2) is 27.8 Å². The van der Waals surface area contributed by atoms with Gasteiger partial charge in [0.25, 0.3) is 6.47 Å². The van der Waals surface area contributed by atoms with Gasteiger partial charge in [-0.3, -0.25) is 14.9 Å². The van der Waals surface area contributed by atoms with Crippen molar-refractivity contribution in [1.29, 1.82) is 0 Å². The number of nitrogens with one attached hydrogen (secondary N) is 1. The minimum absolute atomic E-state index is 0.239. The summed E-state index contributed by atoms with van der Waals surface area (Å²) in [6.07, 6.45) is 4.44. The van der Waals surface area contributed by atoms with Gasteiger partial charge in [0.05, 0.1) is 11.2 Å². The Morgan fingerprint density at radius 1 is 1.14 bits per heavy atom. The quantitative estimate of drug-likeness (QED) is 0.704. The van der Waals surface area contributed by atoms with Crippen molar-refractivity contribution in [3.05, 3.63) is 60.0 Å². The van der Waals surface area contributed by atoms with Gasteiger partial charge in [0.15, 0.2) is 0 Å². The second kappa shape index (κ2) is 6.17. The SMILES string of the molecule is O=COC(Cc1ccncc1)Cc1n[nH]c2ccccc12. The number of carbonyl (C=O) groups excluding carboxylic acids is 1. The Morgan fingerprint density at radius 3 is 2.76 bits per heavy atom. The zero-order valence-corrected chi connectivity index (χ0v) is 11.4. The average Bonchev–Trinajstić information content (AvgIpc) is 2.92. The van der Waals surface area contributed by atoms with Gasteiger partial charge < -0.3 is 4.74 Å². The Morgan fingerprint density at radius 2 is 1.95 bits per heavy atom. The fourth-order valence-corrected chi connectivity index (χ4v) is 2.42. The fraction of sp³-hybridized carbons (Fsp3) is 0.188. The van der Waals surface area contributed by atoms with Crippen LogP contribution in [0.4, 0.5) is 0 Å². The zero-order valence-electron chi connectivity index (χ0n) is 11.4. The monoisotopic (exact) mass is 281 g/mol. The molecule has 0 aliphatic heterocycles. The molecule has 0 fully saturated rings. The van der Waals surface area contributed by atoms with E-state index in [-0.39, 0.29) is 6.10 Å². The molecule has 3 rings (SSSR count). The van der Waals surface area contributed by atoms with Crippen LogP contribution in [0.5, 0.6) is 0 Å². The number of aromatic nitrogens is 3. The van der Waals surface area contributed by atoms with Gasteiger partial charge in [0.1, 0.15) is 6.10 Å². The molecule has 1 N–H and O–H groups in total. The van der Waals surface area contributed by atoms with Gasteiger partial charge in [0.2, 0.25) is 0 Å². The Labute approximate surface area is 122 Å². The smallest absolute Gasteiger partial charge is 0.293 e. The van der Waals surface area contributed by atoms with Gasteiger partial charge in [-0.15, -0.1) is 0 Å². The van der Waals surface area contributed by atoms with E-state index in [0.29, 0.717) is 19.3 Å². The summed E-state index contributed by atoms with van der Waals surface area (Å²) in [5, 5.41) is 8.38. The molecule has 1 atom stereocenters. The summed E-state index contributed by atoms with van der Waals surface area (Å²) >= 11 is 0. The summed E-state index contributed by atoms with van der Waals surface area (Å²) in [5.41, 5.74) is 2.98. The lowest BCUT2D eigenvalue weighted by Gasteiger charge is -2.14. The minimum Gasteiger partial charge on any atom is -0.464 e. The highest BCUT2D eigenvalue weighted by Gasteiger charge is 2.15. The van der Waals surface area contributed by atoms with E-state index in [2.05, 4.69) is 15.2 Å². The first-order valence-corrected chi connectivity index (χ1v) is 6.77. The van der Waals surface area contributed by atoms with Crippen molar-refractivity contribution in [3.8, 4) is 0 Å². The van der Waals surface area contributed by atoms with Crippen LogP contribution >= 0.6 is 0 Å². The summed E-state index contributed by atoms with van der Waals surface area (Å²) < 4.78 is 5.21. The Hall–Kier alpha value is -2.69. The van der Waals surface area contributed by atoms with Crippen LogP contribution in [0.3, 0.4) is 0 Å². The molecular weight excluding hydrogens is 266 g/mol. The molecule has 0 amide bonds. The van der Waals surface area contributed by atoms with Gasteiger partial charge in [-0.05, 0) is 23.8 Å². The Bertz CT molecular complexity index is 724. The van der Waals surface area contributed by atoms with Crippen LogP contribution in [0.2, 0.25) is 0 Å². The molecule has 0 saturated carbocycles. The van der Waals surface area contributed by atoms with E-state index in [9.17, 15) is 4.79 Å². The predicted octanol–water partition coefficient (Wildman–Crippen LogP) is 2.28. The van der Waals surface area contributed by atoms with Gasteiger partial charge in [-0.25, -0.2) is 0 Å². The topological polar surface area (TPSA) is 67.9 Å². The fourth-order valence-electron chi connectivity index (χ4n) is 2.42. The third-order valence-corrected chi connectivity index (χ3v) is 3.43. The molecule has 0 bridgehead atoms. The highest BCUT2D eigenvalue weighted by molar-refractivity contribution is 5.81. The number of pyridine rings is 1. The molecule has 21 heavy (non-hydrogen) atoms. The Kier molecular flexibility index (Phi) is 3.91.